The lowest BCUT2D eigenvalue weighted by molar-refractivity contribution is -0.122. The van der Waals surface area contributed by atoms with Crippen LogP contribution in [0.25, 0.3) is 0 Å². The number of anilines is 1. The highest BCUT2D eigenvalue weighted by Gasteiger charge is 2.34. The third kappa shape index (κ3) is 8.40. The fourth-order valence-electron chi connectivity index (χ4n) is 2.00. The normalized spacial score (nSPS) is 12.2. The minimum atomic E-state index is -1.84. The van der Waals surface area contributed by atoms with Crippen LogP contribution in [0.2, 0.25) is 0 Å². The van der Waals surface area contributed by atoms with Crippen molar-refractivity contribution in [2.75, 3.05) is 5.32 Å². The second kappa shape index (κ2) is 10.8. The van der Waals surface area contributed by atoms with Gasteiger partial charge in [-0.2, -0.15) is 0 Å². The Balaban J connectivity index is 2.70. The number of alkyl halides is 3. The summed E-state index contributed by atoms with van der Waals surface area (Å²) in [5.74, 6) is -1.33. The van der Waals surface area contributed by atoms with E-state index in [1.807, 2.05) is 6.92 Å². The fourth-order valence-corrected chi connectivity index (χ4v) is 2.56. The summed E-state index contributed by atoms with van der Waals surface area (Å²) in [5, 5.41) is 17.2. The summed E-state index contributed by atoms with van der Waals surface area (Å²) in [6.45, 7) is 2.03. The van der Waals surface area contributed by atoms with Gasteiger partial charge in [-0.1, -0.05) is 60.6 Å². The molecule has 0 aliphatic rings. The zero-order valence-corrected chi connectivity index (χ0v) is 17.1. The number of carbonyl (C=O) groups excluding carboxylic acids is 1. The predicted octanol–water partition coefficient (Wildman–Crippen LogP) is 4.06. The zero-order chi connectivity index (χ0) is 19.7. The lowest BCUT2D eigenvalue weighted by Crippen LogP contribution is -2.56. The van der Waals surface area contributed by atoms with Crippen LogP contribution in [0, 0.1) is 0 Å². The molecule has 0 heterocycles. The number of carbonyl (C=O) groups is 2. The summed E-state index contributed by atoms with van der Waals surface area (Å²) >= 11 is 22.9. The first-order chi connectivity index (χ1) is 12.1. The number of benzene rings is 1. The molecular weight excluding hydrogens is 421 g/mol. The molecule has 0 saturated carbocycles. The Bertz CT molecular complexity index is 653. The van der Waals surface area contributed by atoms with Gasteiger partial charge in [-0.3, -0.25) is 4.79 Å². The molecule has 1 rings (SSSR count). The molecule has 144 valence electrons. The first-order valence-corrected chi connectivity index (χ1v) is 9.44. The summed E-state index contributed by atoms with van der Waals surface area (Å²) in [7, 11) is 0. The first-order valence-electron chi connectivity index (χ1n) is 7.90. The molecule has 0 aliphatic heterocycles. The van der Waals surface area contributed by atoms with Crippen LogP contribution in [0.4, 0.5) is 5.69 Å². The molecule has 0 bridgehead atoms. The van der Waals surface area contributed by atoms with Gasteiger partial charge < -0.3 is 21.1 Å². The molecule has 0 aromatic heterocycles. The Morgan fingerprint density at radius 2 is 1.92 bits per heavy atom. The predicted molar refractivity (Wildman–Crippen MR) is 109 cm³/mol. The minimum Gasteiger partial charge on any atom is -0.478 e. The van der Waals surface area contributed by atoms with E-state index in [1.165, 1.54) is 12.1 Å². The summed E-state index contributed by atoms with van der Waals surface area (Å²) in [6, 6.07) is 6.05. The van der Waals surface area contributed by atoms with Crippen molar-refractivity contribution in [3.05, 3.63) is 29.8 Å². The topological polar surface area (TPSA) is 90.5 Å². The second-order valence-corrected chi connectivity index (χ2v) is 8.26. The Morgan fingerprint density at radius 1 is 1.23 bits per heavy atom. The van der Waals surface area contributed by atoms with Gasteiger partial charge in [-0.15, -0.1) is 0 Å². The van der Waals surface area contributed by atoms with Crippen molar-refractivity contribution in [1.29, 1.82) is 0 Å². The number of aromatic carboxylic acids is 1. The molecule has 1 amide bonds. The Hall–Kier alpha value is -1.28. The third-order valence-corrected chi connectivity index (χ3v) is 4.16. The molecular formula is C16H20Cl3N3O3S. The standard InChI is InChI=1S/C16H20Cl3N3O3S/c1-2-3-4-8-12(23)21-14(16(17,18)19)22-15(26)20-11-7-5-6-10(9-11)13(24)25/h5-7,9,14H,2-4,8H2,1H3,(H,21,23)(H,24,25)(H2,20,22,26). The Morgan fingerprint density at radius 3 is 2.50 bits per heavy atom. The van der Waals surface area contributed by atoms with Crippen molar-refractivity contribution in [1.82, 2.24) is 10.6 Å². The van der Waals surface area contributed by atoms with Crippen molar-refractivity contribution < 1.29 is 14.7 Å². The number of thiocarbonyl (C=S) groups is 1. The number of rotatable bonds is 8. The molecule has 0 saturated heterocycles. The molecule has 1 aromatic rings. The molecule has 1 atom stereocenters. The average molecular weight is 441 g/mol. The van der Waals surface area contributed by atoms with Gasteiger partial charge in [0.05, 0.1) is 5.56 Å². The summed E-state index contributed by atoms with van der Waals surface area (Å²) in [6.07, 6.45) is 1.92. The monoisotopic (exact) mass is 439 g/mol. The van der Waals surface area contributed by atoms with Crippen LogP contribution in [0.1, 0.15) is 43.0 Å². The lowest BCUT2D eigenvalue weighted by atomic mass is 10.2. The molecule has 0 radical (unpaired) electrons. The van der Waals surface area contributed by atoms with Gasteiger partial charge in [-0.25, -0.2) is 4.79 Å². The maximum atomic E-state index is 12.0. The molecule has 1 aromatic carbocycles. The maximum absolute atomic E-state index is 12.0. The highest BCUT2D eigenvalue weighted by atomic mass is 35.6. The molecule has 4 N–H and O–H groups in total. The van der Waals surface area contributed by atoms with E-state index in [4.69, 9.17) is 52.1 Å². The summed E-state index contributed by atoms with van der Waals surface area (Å²) in [4.78, 5) is 23.0. The van der Waals surface area contributed by atoms with Gasteiger partial charge in [0.2, 0.25) is 9.70 Å². The summed E-state index contributed by atoms with van der Waals surface area (Å²) < 4.78 is -1.84. The van der Waals surface area contributed by atoms with Crippen molar-refractivity contribution in [2.24, 2.45) is 0 Å². The van der Waals surface area contributed by atoms with Crippen LogP contribution in [-0.4, -0.2) is 32.1 Å². The van der Waals surface area contributed by atoms with Crippen LogP contribution in [-0.2, 0) is 4.79 Å². The third-order valence-electron chi connectivity index (χ3n) is 3.28. The lowest BCUT2D eigenvalue weighted by Gasteiger charge is -2.27. The number of carboxylic acid groups (broad SMARTS) is 1. The van der Waals surface area contributed by atoms with Gasteiger partial charge in [0.15, 0.2) is 5.11 Å². The van der Waals surface area contributed by atoms with Gasteiger partial charge >= 0.3 is 5.97 Å². The largest absolute Gasteiger partial charge is 0.478 e. The van der Waals surface area contributed by atoms with Crippen molar-refractivity contribution in [3.8, 4) is 0 Å². The van der Waals surface area contributed by atoms with Crippen LogP contribution < -0.4 is 16.0 Å². The molecule has 10 heteroatoms. The van der Waals surface area contributed by atoms with Gasteiger partial charge in [0, 0.05) is 12.1 Å². The van der Waals surface area contributed by atoms with E-state index in [0.29, 0.717) is 12.1 Å². The van der Waals surface area contributed by atoms with Crippen LogP contribution in [0.15, 0.2) is 24.3 Å². The average Bonchev–Trinajstić information content (AvgIpc) is 2.53. The first kappa shape index (κ1) is 22.8. The highest BCUT2D eigenvalue weighted by molar-refractivity contribution is 7.80. The van der Waals surface area contributed by atoms with E-state index in [2.05, 4.69) is 16.0 Å². The van der Waals surface area contributed by atoms with Gasteiger partial charge in [-0.05, 0) is 36.8 Å². The molecule has 0 spiro atoms. The van der Waals surface area contributed by atoms with Crippen molar-refractivity contribution in [3.63, 3.8) is 0 Å². The maximum Gasteiger partial charge on any atom is 0.335 e. The molecule has 0 fully saturated rings. The quantitative estimate of drug-likeness (QED) is 0.211. The van der Waals surface area contributed by atoms with Gasteiger partial charge in [0.1, 0.15) is 6.17 Å². The number of hydrogen-bond donors (Lipinski definition) is 4. The van der Waals surface area contributed by atoms with Crippen molar-refractivity contribution >= 4 is 69.7 Å². The molecule has 26 heavy (non-hydrogen) atoms. The van der Waals surface area contributed by atoms with E-state index in [-0.39, 0.29) is 16.6 Å². The number of halogens is 3. The SMILES string of the molecule is CCCCCC(=O)NC(NC(=S)Nc1cccc(C(=O)O)c1)C(Cl)(Cl)Cl. The fraction of sp³-hybridized carbons (Fsp3) is 0.438. The Labute approximate surface area is 172 Å². The zero-order valence-electron chi connectivity index (χ0n) is 14.0. The minimum absolute atomic E-state index is 0.0673. The van der Waals surface area contributed by atoms with Crippen LogP contribution in [0.5, 0.6) is 0 Å². The number of nitrogens with one attached hydrogen (secondary N) is 3. The van der Waals surface area contributed by atoms with E-state index in [1.54, 1.807) is 12.1 Å². The van der Waals surface area contributed by atoms with E-state index >= 15 is 0 Å². The molecule has 1 unspecified atom stereocenters. The molecule has 0 aliphatic carbocycles. The highest BCUT2D eigenvalue weighted by Crippen LogP contribution is 2.29. The number of unbranched alkanes of at least 4 members (excludes halogenated alkanes) is 2. The molecule has 6 nitrogen and oxygen atoms in total. The van der Waals surface area contributed by atoms with E-state index in [9.17, 15) is 9.59 Å². The van der Waals surface area contributed by atoms with E-state index in [0.717, 1.165) is 19.3 Å². The van der Waals surface area contributed by atoms with Crippen molar-refractivity contribution in [2.45, 2.75) is 42.6 Å². The number of carboxylic acids is 1. The Kier molecular flexibility index (Phi) is 9.43. The van der Waals surface area contributed by atoms with Gasteiger partial charge in [0.25, 0.3) is 0 Å². The smallest absolute Gasteiger partial charge is 0.335 e. The summed E-state index contributed by atoms with van der Waals surface area (Å²) in [5.41, 5.74) is 0.541. The van der Waals surface area contributed by atoms with E-state index < -0.39 is 15.9 Å². The second-order valence-electron chi connectivity index (χ2n) is 5.48. The van der Waals surface area contributed by atoms with Crippen LogP contribution in [0.3, 0.4) is 0 Å². The number of hydrogen-bond acceptors (Lipinski definition) is 3. The van der Waals surface area contributed by atoms with Crippen LogP contribution >= 0.6 is 47.0 Å². The number of amides is 1.